The third-order valence-corrected chi connectivity index (χ3v) is 4.01. The Morgan fingerprint density at radius 3 is 3.09 bits per heavy atom. The largest absolute Gasteiger partial charge is 0.448 e. The zero-order chi connectivity index (χ0) is 16.4. The number of aryl methyl sites for hydroxylation is 1. The second-order valence-corrected chi connectivity index (χ2v) is 5.79. The average Bonchev–Trinajstić information content (AvgIpc) is 3.14. The van der Waals surface area contributed by atoms with E-state index in [0.717, 1.165) is 6.42 Å². The minimum Gasteiger partial charge on any atom is -0.448 e. The highest BCUT2D eigenvalue weighted by molar-refractivity contribution is 5.92. The van der Waals surface area contributed by atoms with E-state index in [1.54, 1.807) is 12.1 Å². The Balaban J connectivity index is 1.85. The van der Waals surface area contributed by atoms with E-state index >= 15 is 0 Å². The Labute approximate surface area is 133 Å². The van der Waals surface area contributed by atoms with Crippen molar-refractivity contribution in [2.45, 2.75) is 38.3 Å². The molecule has 1 saturated heterocycles. The van der Waals surface area contributed by atoms with Crippen molar-refractivity contribution in [3.05, 3.63) is 53.5 Å². The first-order valence-electron chi connectivity index (χ1n) is 7.77. The van der Waals surface area contributed by atoms with Crippen molar-refractivity contribution in [1.82, 2.24) is 9.88 Å². The first-order chi connectivity index (χ1) is 11.1. The number of amides is 1. The second kappa shape index (κ2) is 6.50. The number of carbonyl (C=O) groups excluding carboxylic acids is 1. The van der Waals surface area contributed by atoms with Crippen LogP contribution in [0.5, 0.6) is 0 Å². The first kappa shape index (κ1) is 15.7. The molecule has 1 aromatic heterocycles. The molecule has 122 valence electrons. The molecule has 0 unspecified atom stereocenters. The Morgan fingerprint density at radius 2 is 2.35 bits per heavy atom. The number of rotatable bonds is 4. The number of aromatic nitrogens is 1. The zero-order valence-corrected chi connectivity index (χ0v) is 12.9. The molecule has 0 saturated carbocycles. The molecule has 0 aliphatic carbocycles. The van der Waals surface area contributed by atoms with E-state index in [4.69, 9.17) is 4.42 Å². The summed E-state index contributed by atoms with van der Waals surface area (Å²) < 4.78 is 18.8. The summed E-state index contributed by atoms with van der Waals surface area (Å²) in [7, 11) is 0. The molecule has 5 nitrogen and oxygen atoms in total. The predicted molar refractivity (Wildman–Crippen MR) is 81.3 cm³/mol. The van der Waals surface area contributed by atoms with Crippen LogP contribution in [0.3, 0.4) is 0 Å². The first-order valence-corrected chi connectivity index (χ1v) is 7.77. The average molecular weight is 318 g/mol. The smallest absolute Gasteiger partial charge is 0.276 e. The van der Waals surface area contributed by atoms with Crippen molar-refractivity contribution < 1.29 is 18.7 Å². The van der Waals surface area contributed by atoms with Gasteiger partial charge in [-0.3, -0.25) is 4.79 Å². The third kappa shape index (κ3) is 3.27. The third-order valence-electron chi connectivity index (χ3n) is 4.01. The number of hydrogen-bond acceptors (Lipinski definition) is 4. The van der Waals surface area contributed by atoms with Gasteiger partial charge in [0.2, 0.25) is 0 Å². The number of nitrogens with zero attached hydrogens (tertiary/aromatic N) is 2. The van der Waals surface area contributed by atoms with Gasteiger partial charge in [0.15, 0.2) is 11.6 Å². The summed E-state index contributed by atoms with van der Waals surface area (Å²) in [6.07, 6.45) is 2.65. The fraction of sp³-hybridized carbons (Fsp3) is 0.412. The van der Waals surface area contributed by atoms with Crippen molar-refractivity contribution in [3.63, 3.8) is 0 Å². The van der Waals surface area contributed by atoms with E-state index in [1.165, 1.54) is 23.3 Å². The van der Waals surface area contributed by atoms with E-state index < -0.39 is 6.10 Å². The fourth-order valence-corrected chi connectivity index (χ4v) is 2.95. The van der Waals surface area contributed by atoms with Crippen LogP contribution in [0.2, 0.25) is 0 Å². The SMILES string of the molecule is CCCc1nc(C(=O)N2C[C@H](O)C[C@H]2c2cccc(F)c2)co1. The van der Waals surface area contributed by atoms with Crippen LogP contribution in [-0.4, -0.2) is 33.5 Å². The van der Waals surface area contributed by atoms with Gasteiger partial charge in [0.25, 0.3) is 5.91 Å². The highest BCUT2D eigenvalue weighted by atomic mass is 19.1. The van der Waals surface area contributed by atoms with Gasteiger partial charge in [-0.05, 0) is 30.5 Å². The predicted octanol–water partition coefficient (Wildman–Crippen LogP) is 2.71. The quantitative estimate of drug-likeness (QED) is 0.941. The number of benzene rings is 1. The van der Waals surface area contributed by atoms with Gasteiger partial charge in [0.1, 0.15) is 12.1 Å². The maximum atomic E-state index is 13.5. The number of oxazole rings is 1. The van der Waals surface area contributed by atoms with Crippen LogP contribution >= 0.6 is 0 Å². The van der Waals surface area contributed by atoms with Gasteiger partial charge in [0.05, 0.1) is 12.1 Å². The summed E-state index contributed by atoms with van der Waals surface area (Å²) in [5.74, 6) is -0.136. The summed E-state index contributed by atoms with van der Waals surface area (Å²) in [4.78, 5) is 18.4. The maximum absolute atomic E-state index is 13.5. The lowest BCUT2D eigenvalue weighted by Crippen LogP contribution is -2.32. The molecule has 2 heterocycles. The molecule has 0 radical (unpaired) electrons. The lowest BCUT2D eigenvalue weighted by molar-refractivity contribution is 0.0709. The van der Waals surface area contributed by atoms with Crippen LogP contribution in [0, 0.1) is 5.82 Å². The van der Waals surface area contributed by atoms with Crippen molar-refractivity contribution in [2.24, 2.45) is 0 Å². The molecule has 1 aliphatic heterocycles. The van der Waals surface area contributed by atoms with Gasteiger partial charge in [-0.25, -0.2) is 9.37 Å². The number of aliphatic hydroxyl groups excluding tert-OH is 1. The van der Waals surface area contributed by atoms with Crippen LogP contribution < -0.4 is 0 Å². The maximum Gasteiger partial charge on any atom is 0.276 e. The van der Waals surface area contributed by atoms with Gasteiger partial charge in [-0.2, -0.15) is 0 Å². The lowest BCUT2D eigenvalue weighted by atomic mass is 10.0. The summed E-state index contributed by atoms with van der Waals surface area (Å²) in [5.41, 5.74) is 0.899. The minimum atomic E-state index is -0.630. The molecule has 1 aromatic carbocycles. The molecule has 1 aliphatic rings. The van der Waals surface area contributed by atoms with E-state index in [-0.39, 0.29) is 30.0 Å². The standard InChI is InChI=1S/C17H19FN2O3/c1-2-4-16-19-14(10-23-16)17(22)20-9-13(21)8-15(20)11-5-3-6-12(18)7-11/h3,5-7,10,13,15,21H,2,4,8-9H2,1H3/t13-,15+/m1/s1. The van der Waals surface area contributed by atoms with Gasteiger partial charge >= 0.3 is 0 Å². The summed E-state index contributed by atoms with van der Waals surface area (Å²) in [6.45, 7) is 2.21. The van der Waals surface area contributed by atoms with Crippen LogP contribution in [0.25, 0.3) is 0 Å². The molecule has 6 heteroatoms. The van der Waals surface area contributed by atoms with Gasteiger partial charge in [0, 0.05) is 13.0 Å². The number of halogens is 1. The van der Waals surface area contributed by atoms with Crippen LogP contribution in [-0.2, 0) is 6.42 Å². The molecule has 0 spiro atoms. The van der Waals surface area contributed by atoms with E-state index in [0.29, 0.717) is 24.3 Å². The van der Waals surface area contributed by atoms with Gasteiger partial charge < -0.3 is 14.4 Å². The number of β-amino-alcohol motifs (C(OH)–C–C–N with tert-alkyl or cyclic N) is 1. The number of hydrogen-bond donors (Lipinski definition) is 1. The molecule has 2 atom stereocenters. The van der Waals surface area contributed by atoms with E-state index in [2.05, 4.69) is 4.98 Å². The Kier molecular flexibility index (Phi) is 4.43. The molecule has 1 amide bonds. The number of likely N-dealkylation sites (tertiary alicyclic amines) is 1. The molecule has 0 bridgehead atoms. The van der Waals surface area contributed by atoms with E-state index in [9.17, 15) is 14.3 Å². The van der Waals surface area contributed by atoms with Crippen LogP contribution in [0.4, 0.5) is 4.39 Å². The highest BCUT2D eigenvalue weighted by Gasteiger charge is 2.36. The Bertz CT molecular complexity index is 701. The van der Waals surface area contributed by atoms with Gasteiger partial charge in [-0.15, -0.1) is 0 Å². The van der Waals surface area contributed by atoms with Crippen LogP contribution in [0.15, 0.2) is 34.9 Å². The van der Waals surface area contributed by atoms with Crippen molar-refractivity contribution in [1.29, 1.82) is 0 Å². The highest BCUT2D eigenvalue weighted by Crippen LogP contribution is 2.33. The number of aliphatic hydroxyl groups is 1. The molecule has 1 N–H and O–H groups in total. The van der Waals surface area contributed by atoms with Crippen molar-refractivity contribution in [3.8, 4) is 0 Å². The molecule has 1 fully saturated rings. The van der Waals surface area contributed by atoms with Crippen molar-refractivity contribution in [2.75, 3.05) is 6.54 Å². The molecule has 2 aromatic rings. The zero-order valence-electron chi connectivity index (χ0n) is 12.9. The monoisotopic (exact) mass is 318 g/mol. The second-order valence-electron chi connectivity index (χ2n) is 5.79. The minimum absolute atomic E-state index is 0.204. The number of carbonyl (C=O) groups is 1. The fourth-order valence-electron chi connectivity index (χ4n) is 2.95. The van der Waals surface area contributed by atoms with Crippen molar-refractivity contribution >= 4 is 5.91 Å². The Hall–Kier alpha value is -2.21. The molecular weight excluding hydrogens is 299 g/mol. The van der Waals surface area contributed by atoms with Crippen LogP contribution in [0.1, 0.15) is 47.7 Å². The summed E-state index contributed by atoms with van der Waals surface area (Å²) >= 11 is 0. The molecule has 23 heavy (non-hydrogen) atoms. The summed E-state index contributed by atoms with van der Waals surface area (Å²) in [6, 6.07) is 5.76. The topological polar surface area (TPSA) is 66.6 Å². The molecular formula is C17H19FN2O3. The lowest BCUT2D eigenvalue weighted by Gasteiger charge is -2.23. The van der Waals surface area contributed by atoms with E-state index in [1.807, 2.05) is 6.92 Å². The molecule has 3 rings (SSSR count). The normalized spacial score (nSPS) is 20.9. The Morgan fingerprint density at radius 1 is 1.52 bits per heavy atom. The summed E-state index contributed by atoms with van der Waals surface area (Å²) in [5, 5.41) is 9.95. The van der Waals surface area contributed by atoms with Gasteiger partial charge in [-0.1, -0.05) is 19.1 Å².